The SMILES string of the molecule is CC(NC(=O)c1ccccc1NC(=O)CCS(=O)(=O)c1ccc(Cl)cc1)c1ccccc1. The molecule has 0 bridgehead atoms. The molecule has 8 heteroatoms. The highest BCUT2D eigenvalue weighted by Gasteiger charge is 2.19. The second kappa shape index (κ2) is 10.4. The first-order valence-corrected chi connectivity index (χ1v) is 12.0. The summed E-state index contributed by atoms with van der Waals surface area (Å²) in [6.07, 6.45) is -0.249. The first-order valence-electron chi connectivity index (χ1n) is 9.99. The zero-order chi connectivity index (χ0) is 23.1. The van der Waals surface area contributed by atoms with Crippen LogP contribution in [0.3, 0.4) is 0 Å². The van der Waals surface area contributed by atoms with Gasteiger partial charge in [-0.15, -0.1) is 0 Å². The van der Waals surface area contributed by atoms with Crippen molar-refractivity contribution in [2.45, 2.75) is 24.3 Å². The molecule has 166 valence electrons. The first-order chi connectivity index (χ1) is 15.3. The Morgan fingerprint density at radius 2 is 1.53 bits per heavy atom. The van der Waals surface area contributed by atoms with Crippen molar-refractivity contribution < 1.29 is 18.0 Å². The molecule has 0 radical (unpaired) electrons. The summed E-state index contributed by atoms with van der Waals surface area (Å²) in [4.78, 5) is 25.3. The Labute approximate surface area is 192 Å². The molecule has 0 aliphatic carbocycles. The van der Waals surface area contributed by atoms with E-state index in [9.17, 15) is 18.0 Å². The van der Waals surface area contributed by atoms with Crippen molar-refractivity contribution in [3.05, 3.63) is 95.0 Å². The highest BCUT2D eigenvalue weighted by Crippen LogP contribution is 2.19. The molecule has 6 nitrogen and oxygen atoms in total. The number of hydrogen-bond donors (Lipinski definition) is 2. The minimum atomic E-state index is -3.64. The van der Waals surface area contributed by atoms with Crippen LogP contribution in [0.2, 0.25) is 5.02 Å². The van der Waals surface area contributed by atoms with E-state index < -0.39 is 15.7 Å². The van der Waals surface area contributed by atoms with Gasteiger partial charge >= 0.3 is 0 Å². The summed E-state index contributed by atoms with van der Waals surface area (Å²) in [7, 11) is -3.64. The number of sulfone groups is 1. The fourth-order valence-electron chi connectivity index (χ4n) is 3.09. The van der Waals surface area contributed by atoms with Crippen LogP contribution in [0.15, 0.2) is 83.8 Å². The molecule has 0 saturated heterocycles. The number of hydrogen-bond acceptors (Lipinski definition) is 4. The molecule has 0 aromatic heterocycles. The van der Waals surface area contributed by atoms with Crippen molar-refractivity contribution in [1.29, 1.82) is 0 Å². The molecule has 3 aromatic rings. The summed E-state index contributed by atoms with van der Waals surface area (Å²) in [5.74, 6) is -1.20. The summed E-state index contributed by atoms with van der Waals surface area (Å²) < 4.78 is 24.9. The summed E-state index contributed by atoms with van der Waals surface area (Å²) in [6, 6.07) is 21.7. The standard InChI is InChI=1S/C24H23ClN2O4S/c1-17(18-7-3-2-4-8-18)26-24(29)21-9-5-6-10-22(21)27-23(28)15-16-32(30,31)20-13-11-19(25)12-14-20/h2-14,17H,15-16H2,1H3,(H,26,29)(H,27,28). The third-order valence-corrected chi connectivity index (χ3v) is 6.85. The molecule has 2 N–H and O–H groups in total. The average Bonchev–Trinajstić information content (AvgIpc) is 2.79. The second-order valence-corrected chi connectivity index (χ2v) is 9.77. The van der Waals surface area contributed by atoms with Crippen LogP contribution in [0.4, 0.5) is 5.69 Å². The predicted molar refractivity (Wildman–Crippen MR) is 126 cm³/mol. The van der Waals surface area contributed by atoms with Gasteiger partial charge in [-0.1, -0.05) is 54.1 Å². The molecular formula is C24H23ClN2O4S. The molecular weight excluding hydrogens is 448 g/mol. The summed E-state index contributed by atoms with van der Waals surface area (Å²) in [6.45, 7) is 1.87. The van der Waals surface area contributed by atoms with E-state index in [2.05, 4.69) is 10.6 Å². The Kier molecular flexibility index (Phi) is 7.66. The Hall–Kier alpha value is -3.16. The van der Waals surface area contributed by atoms with Crippen LogP contribution in [-0.4, -0.2) is 26.0 Å². The summed E-state index contributed by atoms with van der Waals surface area (Å²) >= 11 is 5.79. The molecule has 0 aliphatic heterocycles. The van der Waals surface area contributed by atoms with E-state index in [4.69, 9.17) is 11.6 Å². The maximum absolute atomic E-state index is 12.8. The molecule has 2 amide bonds. The van der Waals surface area contributed by atoms with Crippen LogP contribution in [0, 0.1) is 0 Å². The van der Waals surface area contributed by atoms with E-state index in [1.165, 1.54) is 24.3 Å². The number of carbonyl (C=O) groups is 2. The number of nitrogens with one attached hydrogen (secondary N) is 2. The molecule has 0 saturated carbocycles. The molecule has 0 heterocycles. The molecule has 0 fully saturated rings. The third-order valence-electron chi connectivity index (χ3n) is 4.86. The van der Waals surface area contributed by atoms with Crippen molar-refractivity contribution in [2.75, 3.05) is 11.1 Å². The van der Waals surface area contributed by atoms with Gasteiger partial charge in [0.25, 0.3) is 5.91 Å². The highest BCUT2D eigenvalue weighted by molar-refractivity contribution is 7.91. The van der Waals surface area contributed by atoms with Crippen molar-refractivity contribution in [3.8, 4) is 0 Å². The number of para-hydroxylation sites is 1. The number of rotatable bonds is 8. The van der Waals surface area contributed by atoms with Crippen molar-refractivity contribution in [2.24, 2.45) is 0 Å². The Morgan fingerprint density at radius 3 is 2.22 bits per heavy atom. The minimum Gasteiger partial charge on any atom is -0.345 e. The van der Waals surface area contributed by atoms with Gasteiger partial charge in [-0.05, 0) is 48.9 Å². The lowest BCUT2D eigenvalue weighted by Crippen LogP contribution is -2.28. The third kappa shape index (κ3) is 6.18. The lowest BCUT2D eigenvalue weighted by molar-refractivity contribution is -0.115. The van der Waals surface area contributed by atoms with Gasteiger partial charge in [-0.2, -0.15) is 0 Å². The molecule has 3 rings (SSSR count). The molecule has 1 unspecified atom stereocenters. The van der Waals surface area contributed by atoms with Crippen LogP contribution in [-0.2, 0) is 14.6 Å². The smallest absolute Gasteiger partial charge is 0.253 e. The van der Waals surface area contributed by atoms with Crippen LogP contribution >= 0.6 is 11.6 Å². The van der Waals surface area contributed by atoms with Crippen LogP contribution in [0.5, 0.6) is 0 Å². The summed E-state index contributed by atoms with van der Waals surface area (Å²) in [5.41, 5.74) is 1.57. The number of amides is 2. The average molecular weight is 471 g/mol. The van der Waals surface area contributed by atoms with E-state index in [0.29, 0.717) is 16.3 Å². The number of halogens is 1. The van der Waals surface area contributed by atoms with Gasteiger partial charge in [-0.25, -0.2) is 8.42 Å². The van der Waals surface area contributed by atoms with Gasteiger partial charge in [0.15, 0.2) is 9.84 Å². The Morgan fingerprint density at radius 1 is 0.906 bits per heavy atom. The lowest BCUT2D eigenvalue weighted by atomic mass is 10.1. The van der Waals surface area contributed by atoms with Gasteiger partial charge < -0.3 is 10.6 Å². The monoisotopic (exact) mass is 470 g/mol. The van der Waals surface area contributed by atoms with E-state index in [1.54, 1.807) is 24.3 Å². The largest absolute Gasteiger partial charge is 0.345 e. The van der Waals surface area contributed by atoms with E-state index in [1.807, 2.05) is 37.3 Å². The van der Waals surface area contributed by atoms with Crippen molar-refractivity contribution in [3.63, 3.8) is 0 Å². The molecule has 0 spiro atoms. The van der Waals surface area contributed by atoms with E-state index in [-0.39, 0.29) is 29.0 Å². The zero-order valence-electron chi connectivity index (χ0n) is 17.4. The predicted octanol–water partition coefficient (Wildman–Crippen LogP) is 4.63. The van der Waals surface area contributed by atoms with Gasteiger partial charge in [-0.3, -0.25) is 9.59 Å². The quantitative estimate of drug-likeness (QED) is 0.502. The van der Waals surface area contributed by atoms with Crippen LogP contribution < -0.4 is 10.6 Å². The highest BCUT2D eigenvalue weighted by atomic mass is 35.5. The molecule has 3 aromatic carbocycles. The van der Waals surface area contributed by atoms with Crippen LogP contribution in [0.1, 0.15) is 35.3 Å². The molecule has 1 atom stereocenters. The van der Waals surface area contributed by atoms with Gasteiger partial charge in [0.2, 0.25) is 5.91 Å². The zero-order valence-corrected chi connectivity index (χ0v) is 19.0. The Bertz CT molecular complexity index is 1200. The maximum atomic E-state index is 12.8. The first kappa shape index (κ1) is 23.5. The summed E-state index contributed by atoms with van der Waals surface area (Å²) in [5, 5.41) is 5.99. The normalized spacial score (nSPS) is 12.1. The van der Waals surface area contributed by atoms with Gasteiger partial charge in [0.05, 0.1) is 27.9 Å². The van der Waals surface area contributed by atoms with Gasteiger partial charge in [0, 0.05) is 11.4 Å². The topological polar surface area (TPSA) is 92.3 Å². The Balaban J connectivity index is 1.64. The van der Waals surface area contributed by atoms with Gasteiger partial charge in [0.1, 0.15) is 0 Å². The maximum Gasteiger partial charge on any atom is 0.253 e. The second-order valence-electron chi connectivity index (χ2n) is 7.22. The fourth-order valence-corrected chi connectivity index (χ4v) is 4.46. The molecule has 0 aliphatic rings. The van der Waals surface area contributed by atoms with Crippen molar-refractivity contribution in [1.82, 2.24) is 5.32 Å². The minimum absolute atomic E-state index is 0.101. The van der Waals surface area contributed by atoms with E-state index in [0.717, 1.165) is 5.56 Å². The van der Waals surface area contributed by atoms with Crippen LogP contribution in [0.25, 0.3) is 0 Å². The number of benzene rings is 3. The van der Waals surface area contributed by atoms with Crippen molar-refractivity contribution >= 4 is 38.9 Å². The lowest BCUT2D eigenvalue weighted by Gasteiger charge is -2.16. The number of carbonyl (C=O) groups excluding carboxylic acids is 2. The van der Waals surface area contributed by atoms with E-state index >= 15 is 0 Å². The number of anilines is 1. The fraction of sp³-hybridized carbons (Fsp3) is 0.167. The molecule has 32 heavy (non-hydrogen) atoms.